The van der Waals surface area contributed by atoms with Crippen LogP contribution in [0.5, 0.6) is 0 Å². The third-order valence-corrected chi connectivity index (χ3v) is 2.40. The van der Waals surface area contributed by atoms with Crippen molar-refractivity contribution in [3.63, 3.8) is 0 Å². The molecule has 1 saturated carbocycles. The van der Waals surface area contributed by atoms with Gasteiger partial charge in [-0.1, -0.05) is 6.92 Å². The van der Waals surface area contributed by atoms with Crippen molar-refractivity contribution in [2.75, 3.05) is 13.1 Å². The molecule has 0 radical (unpaired) electrons. The Kier molecular flexibility index (Phi) is 1.22. The van der Waals surface area contributed by atoms with Crippen LogP contribution in [0.15, 0.2) is 0 Å². The minimum atomic E-state index is 0.318. The van der Waals surface area contributed by atoms with E-state index in [1.165, 1.54) is 12.8 Å². The molecule has 1 amide bonds. The summed E-state index contributed by atoms with van der Waals surface area (Å²) in [7, 11) is 0. The van der Waals surface area contributed by atoms with Crippen LogP contribution in [0.25, 0.3) is 0 Å². The van der Waals surface area contributed by atoms with Crippen molar-refractivity contribution in [2.24, 2.45) is 11.8 Å². The van der Waals surface area contributed by atoms with Crippen LogP contribution in [0.4, 0.5) is 0 Å². The smallest absolute Gasteiger partial charge is 0.227 e. The lowest BCUT2D eigenvalue weighted by Crippen LogP contribution is -2.51. The van der Waals surface area contributed by atoms with Crippen molar-refractivity contribution in [1.29, 1.82) is 0 Å². The van der Waals surface area contributed by atoms with Crippen LogP contribution in [0.2, 0.25) is 0 Å². The first-order valence-electron chi connectivity index (χ1n) is 4.06. The van der Waals surface area contributed by atoms with Gasteiger partial charge in [0.2, 0.25) is 5.91 Å². The largest absolute Gasteiger partial charge is 0.341 e. The van der Waals surface area contributed by atoms with E-state index in [4.69, 9.17) is 0 Å². The summed E-state index contributed by atoms with van der Waals surface area (Å²) in [4.78, 5) is 13.0. The number of nitrogens with zero attached hydrogens (tertiary/aromatic N) is 1. The molecule has 1 unspecified atom stereocenters. The molecular weight excluding hydrogens is 126 g/mol. The highest BCUT2D eigenvalue weighted by Crippen LogP contribution is 2.32. The Labute approximate surface area is 61.2 Å². The summed E-state index contributed by atoms with van der Waals surface area (Å²) < 4.78 is 0. The fraction of sp³-hybridized carbons (Fsp3) is 0.875. The van der Waals surface area contributed by atoms with Gasteiger partial charge in [-0.2, -0.15) is 0 Å². The molecule has 2 nitrogen and oxygen atoms in total. The fourth-order valence-electron chi connectivity index (χ4n) is 1.47. The van der Waals surface area contributed by atoms with E-state index in [0.717, 1.165) is 19.0 Å². The second-order valence-electron chi connectivity index (χ2n) is 3.59. The van der Waals surface area contributed by atoms with E-state index >= 15 is 0 Å². The molecule has 1 aliphatic carbocycles. The maximum atomic E-state index is 11.1. The fourth-order valence-corrected chi connectivity index (χ4v) is 1.47. The monoisotopic (exact) mass is 139 g/mol. The topological polar surface area (TPSA) is 20.3 Å². The Morgan fingerprint density at radius 1 is 1.60 bits per heavy atom. The van der Waals surface area contributed by atoms with E-state index in [1.54, 1.807) is 0 Å². The molecule has 0 aromatic carbocycles. The van der Waals surface area contributed by atoms with Gasteiger partial charge in [0.15, 0.2) is 0 Å². The maximum absolute atomic E-state index is 11.1. The maximum Gasteiger partial charge on any atom is 0.227 e. The number of hydrogen-bond acceptors (Lipinski definition) is 1. The molecule has 0 N–H and O–H groups in total. The standard InChI is InChI=1S/C8H13NO/c1-6-4-9(8(6)10)5-7-2-3-7/h6-7H,2-5H2,1H3. The molecule has 1 atom stereocenters. The van der Waals surface area contributed by atoms with E-state index < -0.39 is 0 Å². The Morgan fingerprint density at radius 3 is 2.70 bits per heavy atom. The third-order valence-electron chi connectivity index (χ3n) is 2.40. The first-order valence-corrected chi connectivity index (χ1v) is 4.06. The van der Waals surface area contributed by atoms with Crippen LogP contribution >= 0.6 is 0 Å². The van der Waals surface area contributed by atoms with Crippen molar-refractivity contribution < 1.29 is 4.79 Å². The molecule has 1 saturated heterocycles. The summed E-state index contributed by atoms with van der Waals surface area (Å²) >= 11 is 0. The summed E-state index contributed by atoms with van der Waals surface area (Å²) in [6, 6.07) is 0. The molecule has 2 aliphatic rings. The zero-order valence-electron chi connectivity index (χ0n) is 6.34. The van der Waals surface area contributed by atoms with Crippen LogP contribution in [-0.2, 0) is 4.79 Å². The minimum absolute atomic E-state index is 0.318. The van der Waals surface area contributed by atoms with E-state index in [2.05, 4.69) is 0 Å². The molecule has 2 rings (SSSR count). The molecule has 10 heavy (non-hydrogen) atoms. The minimum Gasteiger partial charge on any atom is -0.341 e. The Balaban J connectivity index is 1.79. The van der Waals surface area contributed by atoms with Crippen LogP contribution < -0.4 is 0 Å². The predicted octanol–water partition coefficient (Wildman–Crippen LogP) is 0.875. The summed E-state index contributed by atoms with van der Waals surface area (Å²) in [5.41, 5.74) is 0. The van der Waals surface area contributed by atoms with Crippen molar-refractivity contribution in [1.82, 2.24) is 4.90 Å². The number of carbonyl (C=O) groups excluding carboxylic acids is 1. The molecule has 0 spiro atoms. The van der Waals surface area contributed by atoms with Gasteiger partial charge in [0, 0.05) is 13.1 Å². The van der Waals surface area contributed by atoms with E-state index in [9.17, 15) is 4.79 Å². The van der Waals surface area contributed by atoms with Gasteiger partial charge in [0.1, 0.15) is 0 Å². The van der Waals surface area contributed by atoms with Crippen molar-refractivity contribution in [2.45, 2.75) is 19.8 Å². The molecule has 0 bridgehead atoms. The van der Waals surface area contributed by atoms with Crippen LogP contribution in [0.1, 0.15) is 19.8 Å². The summed E-state index contributed by atoms with van der Waals surface area (Å²) in [5, 5.41) is 0. The third kappa shape index (κ3) is 0.917. The Hall–Kier alpha value is -0.530. The molecule has 56 valence electrons. The van der Waals surface area contributed by atoms with E-state index in [0.29, 0.717) is 11.8 Å². The summed E-state index contributed by atoms with van der Waals surface area (Å²) in [5.74, 6) is 1.54. The van der Waals surface area contributed by atoms with Crippen LogP contribution in [0.3, 0.4) is 0 Å². The highest BCUT2D eigenvalue weighted by molar-refractivity contribution is 5.84. The normalized spacial score (nSPS) is 32.3. The molecule has 2 heteroatoms. The van der Waals surface area contributed by atoms with Gasteiger partial charge in [0.25, 0.3) is 0 Å². The van der Waals surface area contributed by atoms with Gasteiger partial charge in [-0.3, -0.25) is 4.79 Å². The van der Waals surface area contributed by atoms with Gasteiger partial charge < -0.3 is 4.90 Å². The molecule has 1 aliphatic heterocycles. The van der Waals surface area contributed by atoms with Gasteiger partial charge in [0.05, 0.1) is 5.92 Å². The first kappa shape index (κ1) is 6.20. The lowest BCUT2D eigenvalue weighted by atomic mass is 10.0. The predicted molar refractivity (Wildman–Crippen MR) is 38.5 cm³/mol. The van der Waals surface area contributed by atoms with Crippen molar-refractivity contribution in [3.8, 4) is 0 Å². The number of β-lactam (4-membered cyclic amide) rings is 1. The molecule has 0 aromatic rings. The van der Waals surface area contributed by atoms with Crippen LogP contribution in [-0.4, -0.2) is 23.9 Å². The SMILES string of the molecule is CC1CN(CC2CC2)C1=O. The zero-order valence-corrected chi connectivity index (χ0v) is 6.34. The van der Waals surface area contributed by atoms with Crippen molar-refractivity contribution in [3.05, 3.63) is 0 Å². The first-order chi connectivity index (χ1) is 4.77. The van der Waals surface area contributed by atoms with Crippen molar-refractivity contribution >= 4 is 5.91 Å². The Morgan fingerprint density at radius 2 is 2.30 bits per heavy atom. The van der Waals surface area contributed by atoms with E-state index in [-0.39, 0.29) is 0 Å². The summed E-state index contributed by atoms with van der Waals surface area (Å²) in [6.45, 7) is 4.06. The molecule has 2 fully saturated rings. The summed E-state index contributed by atoms with van der Waals surface area (Å²) in [6.07, 6.45) is 2.69. The van der Waals surface area contributed by atoms with Gasteiger partial charge in [-0.25, -0.2) is 0 Å². The van der Waals surface area contributed by atoms with Gasteiger partial charge >= 0.3 is 0 Å². The second-order valence-corrected chi connectivity index (χ2v) is 3.59. The number of hydrogen-bond donors (Lipinski definition) is 0. The highest BCUT2D eigenvalue weighted by atomic mass is 16.2. The molecule has 1 heterocycles. The highest BCUT2D eigenvalue weighted by Gasteiger charge is 2.36. The molecule has 0 aromatic heterocycles. The van der Waals surface area contributed by atoms with E-state index in [1.807, 2.05) is 11.8 Å². The molecular formula is C8H13NO. The lowest BCUT2D eigenvalue weighted by molar-refractivity contribution is -0.146. The van der Waals surface area contributed by atoms with Gasteiger partial charge in [-0.05, 0) is 18.8 Å². The number of rotatable bonds is 2. The second kappa shape index (κ2) is 1.97. The number of carbonyl (C=O) groups is 1. The average molecular weight is 139 g/mol. The Bertz CT molecular complexity index is 163. The van der Waals surface area contributed by atoms with Gasteiger partial charge in [-0.15, -0.1) is 0 Å². The lowest BCUT2D eigenvalue weighted by Gasteiger charge is -2.36. The van der Waals surface area contributed by atoms with Crippen LogP contribution in [0, 0.1) is 11.8 Å². The quantitative estimate of drug-likeness (QED) is 0.520. The number of amides is 1. The average Bonchev–Trinajstić information content (AvgIpc) is 2.70. The number of likely N-dealkylation sites (tertiary alicyclic amines) is 1. The zero-order chi connectivity index (χ0) is 7.14.